The second kappa shape index (κ2) is 9.02. The van der Waals surface area contributed by atoms with Crippen LogP contribution in [0, 0.1) is 11.7 Å². The Kier molecular flexibility index (Phi) is 6.56. The molecular formula is C24H28ClFN4O3S. The molecule has 2 heterocycles. The number of hydrogen-bond acceptors (Lipinski definition) is 6. The maximum Gasteiger partial charge on any atom is 0.261 e. The Labute approximate surface area is 204 Å². The van der Waals surface area contributed by atoms with Gasteiger partial charge in [-0.25, -0.2) is 17.8 Å². The van der Waals surface area contributed by atoms with E-state index < -0.39 is 21.5 Å². The standard InChI is InChI=1S/C24H28ClFN4O3S/c1-15-18(6-5-11-33-15)24(27-14-28-30-24)19-12-20(25)21(26)13-22(19)29-34(31,32)17-9-7-16(8-10-17)23(2,3)4/h7-10,12-15,18,29H,5-6,11H2,1-4H3. The second-order valence-electron chi connectivity index (χ2n) is 9.70. The zero-order valence-electron chi connectivity index (χ0n) is 19.5. The first kappa shape index (κ1) is 24.8. The molecule has 1 fully saturated rings. The van der Waals surface area contributed by atoms with Gasteiger partial charge in [0.2, 0.25) is 5.66 Å². The molecule has 1 saturated heterocycles. The Morgan fingerprint density at radius 2 is 1.91 bits per heavy atom. The Morgan fingerprint density at radius 3 is 2.50 bits per heavy atom. The minimum atomic E-state index is -4.04. The third-order valence-corrected chi connectivity index (χ3v) is 8.04. The third-order valence-electron chi connectivity index (χ3n) is 6.37. The molecular weight excluding hydrogens is 479 g/mol. The van der Waals surface area contributed by atoms with Gasteiger partial charge in [-0.15, -0.1) is 5.11 Å². The molecule has 2 aliphatic rings. The fourth-order valence-electron chi connectivity index (χ4n) is 4.47. The molecule has 2 aliphatic heterocycles. The quantitative estimate of drug-likeness (QED) is 0.535. The number of hydrogen-bond donors (Lipinski definition) is 1. The molecule has 0 aromatic heterocycles. The highest BCUT2D eigenvalue weighted by atomic mass is 35.5. The molecule has 2 aromatic rings. The van der Waals surface area contributed by atoms with Crippen LogP contribution >= 0.6 is 11.6 Å². The Hall–Kier alpha value is -2.36. The van der Waals surface area contributed by atoms with E-state index in [-0.39, 0.29) is 33.0 Å². The number of azo groups is 1. The van der Waals surface area contributed by atoms with E-state index in [9.17, 15) is 12.8 Å². The molecule has 10 heteroatoms. The van der Waals surface area contributed by atoms with Crippen LogP contribution in [-0.4, -0.2) is 27.5 Å². The normalized spacial score (nSPS) is 25.0. The number of aliphatic imine (C=N–C) groups is 1. The smallest absolute Gasteiger partial charge is 0.261 e. The molecule has 1 N–H and O–H groups in total. The average Bonchev–Trinajstić information content (AvgIpc) is 3.26. The van der Waals surface area contributed by atoms with E-state index in [1.807, 2.05) is 27.7 Å². The lowest BCUT2D eigenvalue weighted by atomic mass is 9.79. The molecule has 0 radical (unpaired) electrons. The minimum absolute atomic E-state index is 0.0116. The van der Waals surface area contributed by atoms with Gasteiger partial charge in [-0.2, -0.15) is 5.11 Å². The number of nitrogens with zero attached hydrogens (tertiary/aromatic N) is 3. The summed E-state index contributed by atoms with van der Waals surface area (Å²) in [5.41, 5.74) is -0.0638. The van der Waals surface area contributed by atoms with Crippen LogP contribution in [0.15, 0.2) is 56.5 Å². The molecule has 0 amide bonds. The summed E-state index contributed by atoms with van der Waals surface area (Å²) < 4.78 is 49.5. The van der Waals surface area contributed by atoms with Crippen LogP contribution in [0.5, 0.6) is 0 Å². The van der Waals surface area contributed by atoms with Crippen molar-refractivity contribution in [1.82, 2.24) is 0 Å². The number of rotatable bonds is 5. The summed E-state index contributed by atoms with van der Waals surface area (Å²) in [6, 6.07) is 9.06. The Balaban J connectivity index is 1.78. The number of sulfonamides is 1. The molecule has 2 aromatic carbocycles. The van der Waals surface area contributed by atoms with Crippen molar-refractivity contribution in [2.75, 3.05) is 11.3 Å². The molecule has 34 heavy (non-hydrogen) atoms. The lowest BCUT2D eigenvalue weighted by Crippen LogP contribution is -2.41. The number of nitrogens with one attached hydrogen (secondary N) is 1. The zero-order chi connectivity index (χ0) is 24.7. The van der Waals surface area contributed by atoms with E-state index in [0.29, 0.717) is 12.2 Å². The summed E-state index contributed by atoms with van der Waals surface area (Å²) >= 11 is 6.14. The predicted octanol–water partition coefficient (Wildman–Crippen LogP) is 6.04. The molecule has 0 aliphatic carbocycles. The van der Waals surface area contributed by atoms with Crippen molar-refractivity contribution < 1.29 is 17.5 Å². The van der Waals surface area contributed by atoms with Crippen molar-refractivity contribution in [2.24, 2.45) is 21.1 Å². The van der Waals surface area contributed by atoms with Crippen molar-refractivity contribution in [2.45, 2.75) is 62.6 Å². The van der Waals surface area contributed by atoms with Crippen molar-refractivity contribution in [3.8, 4) is 0 Å². The maximum atomic E-state index is 14.6. The van der Waals surface area contributed by atoms with E-state index in [0.717, 1.165) is 24.5 Å². The van der Waals surface area contributed by atoms with Gasteiger partial charge in [0.25, 0.3) is 10.0 Å². The summed E-state index contributed by atoms with van der Waals surface area (Å²) in [4.78, 5) is 4.59. The van der Waals surface area contributed by atoms with Gasteiger partial charge in [-0.1, -0.05) is 44.5 Å². The van der Waals surface area contributed by atoms with Gasteiger partial charge < -0.3 is 4.74 Å². The summed E-state index contributed by atoms with van der Waals surface area (Å²) in [6.07, 6.45) is 2.62. The van der Waals surface area contributed by atoms with Crippen molar-refractivity contribution in [1.29, 1.82) is 0 Å². The summed E-state index contributed by atoms with van der Waals surface area (Å²) in [5.74, 6) is -0.993. The number of benzene rings is 2. The highest BCUT2D eigenvalue weighted by Gasteiger charge is 2.48. The number of anilines is 1. The van der Waals surface area contributed by atoms with E-state index in [1.54, 1.807) is 12.1 Å². The van der Waals surface area contributed by atoms with Crippen LogP contribution in [0.4, 0.5) is 10.1 Å². The van der Waals surface area contributed by atoms with Crippen LogP contribution in [-0.2, 0) is 25.8 Å². The predicted molar refractivity (Wildman–Crippen MR) is 131 cm³/mol. The van der Waals surface area contributed by atoms with Crippen molar-refractivity contribution in [3.63, 3.8) is 0 Å². The van der Waals surface area contributed by atoms with E-state index >= 15 is 0 Å². The molecule has 0 bridgehead atoms. The first-order chi connectivity index (χ1) is 15.9. The second-order valence-corrected chi connectivity index (χ2v) is 11.8. The lowest BCUT2D eigenvalue weighted by Gasteiger charge is -2.39. The van der Waals surface area contributed by atoms with Gasteiger partial charge in [-0.05, 0) is 55.0 Å². The van der Waals surface area contributed by atoms with Gasteiger partial charge in [0.05, 0.1) is 21.7 Å². The lowest BCUT2D eigenvalue weighted by molar-refractivity contribution is -0.0419. The number of halogens is 2. The summed E-state index contributed by atoms with van der Waals surface area (Å²) in [5, 5.41) is 8.20. The minimum Gasteiger partial charge on any atom is -0.378 e. The fraction of sp³-hybridized carbons (Fsp3) is 0.458. The van der Waals surface area contributed by atoms with E-state index in [2.05, 4.69) is 19.9 Å². The molecule has 3 unspecified atom stereocenters. The monoisotopic (exact) mass is 506 g/mol. The fourth-order valence-corrected chi connectivity index (χ4v) is 5.71. The van der Waals surface area contributed by atoms with Gasteiger partial charge in [0, 0.05) is 18.1 Å². The molecule has 7 nitrogen and oxygen atoms in total. The van der Waals surface area contributed by atoms with Crippen LogP contribution in [0.25, 0.3) is 0 Å². The van der Waals surface area contributed by atoms with Gasteiger partial charge in [0.1, 0.15) is 12.2 Å². The largest absolute Gasteiger partial charge is 0.378 e. The Bertz CT molecular complexity index is 1230. The van der Waals surface area contributed by atoms with Crippen LogP contribution in [0.2, 0.25) is 5.02 Å². The van der Waals surface area contributed by atoms with Crippen LogP contribution in [0.3, 0.4) is 0 Å². The SMILES string of the molecule is CC1OCCCC1C1(c2cc(Cl)c(F)cc2NS(=O)(=O)c2ccc(C(C)(C)C)cc2)N=CN=N1. The van der Waals surface area contributed by atoms with Gasteiger partial charge in [0.15, 0.2) is 0 Å². The highest BCUT2D eigenvalue weighted by Crippen LogP contribution is 2.48. The molecule has 3 atom stereocenters. The third kappa shape index (κ3) is 4.61. The zero-order valence-corrected chi connectivity index (χ0v) is 21.1. The molecule has 0 spiro atoms. The van der Waals surface area contributed by atoms with Crippen molar-refractivity contribution in [3.05, 3.63) is 58.4 Å². The summed E-state index contributed by atoms with van der Waals surface area (Å²) in [6.45, 7) is 8.67. The van der Waals surface area contributed by atoms with Crippen molar-refractivity contribution >= 4 is 33.7 Å². The van der Waals surface area contributed by atoms with E-state index in [1.165, 1.54) is 24.5 Å². The Morgan fingerprint density at radius 1 is 1.21 bits per heavy atom. The molecule has 0 saturated carbocycles. The number of ether oxygens (including phenoxy) is 1. The average molecular weight is 507 g/mol. The van der Waals surface area contributed by atoms with Gasteiger partial charge >= 0.3 is 0 Å². The summed E-state index contributed by atoms with van der Waals surface area (Å²) in [7, 11) is -4.04. The molecule has 182 valence electrons. The first-order valence-electron chi connectivity index (χ1n) is 11.1. The maximum absolute atomic E-state index is 14.6. The van der Waals surface area contributed by atoms with Crippen LogP contribution < -0.4 is 4.72 Å². The van der Waals surface area contributed by atoms with Crippen LogP contribution in [0.1, 0.15) is 51.7 Å². The topological polar surface area (TPSA) is 92.5 Å². The highest BCUT2D eigenvalue weighted by molar-refractivity contribution is 7.92. The van der Waals surface area contributed by atoms with Gasteiger partial charge in [-0.3, -0.25) is 4.72 Å². The molecule has 4 rings (SSSR count). The van der Waals surface area contributed by atoms with E-state index in [4.69, 9.17) is 16.3 Å². The first-order valence-corrected chi connectivity index (χ1v) is 13.0.